The molecule has 1 aliphatic rings. The maximum absolute atomic E-state index is 13.3. The molecule has 1 saturated heterocycles. The highest BCUT2D eigenvalue weighted by atomic mass is 19.1. The highest BCUT2D eigenvalue weighted by molar-refractivity contribution is 6.51. The van der Waals surface area contributed by atoms with E-state index in [-0.39, 0.29) is 17.0 Å². The zero-order chi connectivity index (χ0) is 21.4. The normalized spacial score (nSPS) is 18.1. The molecule has 0 spiro atoms. The van der Waals surface area contributed by atoms with Crippen molar-refractivity contribution in [2.24, 2.45) is 0 Å². The molecule has 1 N–H and O–H groups in total. The molecule has 0 saturated carbocycles. The largest absolute Gasteiger partial charge is 0.507 e. The first-order valence-electron chi connectivity index (χ1n) is 9.05. The van der Waals surface area contributed by atoms with Gasteiger partial charge in [-0.25, -0.2) is 4.39 Å². The van der Waals surface area contributed by atoms with Crippen molar-refractivity contribution in [1.82, 2.24) is 5.16 Å². The lowest BCUT2D eigenvalue weighted by atomic mass is 9.95. The molecule has 3 aromatic rings. The van der Waals surface area contributed by atoms with Crippen LogP contribution in [-0.4, -0.2) is 29.1 Å². The third-order valence-corrected chi connectivity index (χ3v) is 4.83. The smallest absolute Gasteiger partial charge is 0.301 e. The number of aliphatic hydroxyl groups is 1. The van der Waals surface area contributed by atoms with Crippen molar-refractivity contribution in [2.45, 2.75) is 13.0 Å². The summed E-state index contributed by atoms with van der Waals surface area (Å²) in [5.74, 6) is -1.55. The summed E-state index contributed by atoms with van der Waals surface area (Å²) in [6.45, 7) is 1.66. The van der Waals surface area contributed by atoms with Gasteiger partial charge in [-0.2, -0.15) is 0 Å². The molecule has 1 aliphatic heterocycles. The van der Waals surface area contributed by atoms with E-state index in [9.17, 15) is 19.1 Å². The number of carbonyl (C=O) groups is 2. The number of aromatic nitrogens is 1. The van der Waals surface area contributed by atoms with Crippen LogP contribution in [0.4, 0.5) is 10.2 Å². The highest BCUT2D eigenvalue weighted by Crippen LogP contribution is 2.42. The SMILES string of the molecule is COc1cccc([C@H]2C(=C(O)c3ccc(F)cc3)C(=O)C(=O)N2c2cc(C)on2)c1. The number of aliphatic hydroxyl groups excluding tert-OH is 1. The molecular formula is C22H17FN2O5. The number of benzene rings is 2. The fraction of sp³-hybridized carbons (Fsp3) is 0.136. The van der Waals surface area contributed by atoms with Gasteiger partial charge in [-0.05, 0) is 48.9 Å². The quantitative estimate of drug-likeness (QED) is 0.401. The van der Waals surface area contributed by atoms with Crippen molar-refractivity contribution in [2.75, 3.05) is 12.0 Å². The van der Waals surface area contributed by atoms with Gasteiger partial charge in [0.25, 0.3) is 5.78 Å². The summed E-state index contributed by atoms with van der Waals surface area (Å²) in [6.07, 6.45) is 0. The molecule has 30 heavy (non-hydrogen) atoms. The minimum absolute atomic E-state index is 0.138. The molecule has 2 aromatic carbocycles. The number of ether oxygens (including phenoxy) is 1. The summed E-state index contributed by atoms with van der Waals surface area (Å²) in [5.41, 5.74) is 0.594. The van der Waals surface area contributed by atoms with E-state index in [0.29, 0.717) is 17.1 Å². The number of hydrogen-bond acceptors (Lipinski definition) is 6. The van der Waals surface area contributed by atoms with Crippen molar-refractivity contribution in [3.8, 4) is 5.75 Å². The molecule has 2 heterocycles. The van der Waals surface area contributed by atoms with Gasteiger partial charge in [0.05, 0.1) is 18.7 Å². The highest BCUT2D eigenvalue weighted by Gasteiger charge is 2.48. The van der Waals surface area contributed by atoms with E-state index in [2.05, 4.69) is 5.16 Å². The minimum atomic E-state index is -0.977. The Morgan fingerprint density at radius 2 is 1.90 bits per heavy atom. The van der Waals surface area contributed by atoms with Crippen LogP contribution in [-0.2, 0) is 9.59 Å². The Morgan fingerprint density at radius 3 is 2.53 bits per heavy atom. The molecule has 1 aromatic heterocycles. The number of halogens is 1. The Kier molecular flexibility index (Phi) is 4.83. The Morgan fingerprint density at radius 1 is 1.17 bits per heavy atom. The Labute approximate surface area is 171 Å². The van der Waals surface area contributed by atoms with Gasteiger partial charge < -0.3 is 14.4 Å². The number of hydrogen-bond donors (Lipinski definition) is 1. The number of carbonyl (C=O) groups excluding carboxylic acids is 2. The third-order valence-electron chi connectivity index (χ3n) is 4.83. The number of anilines is 1. The van der Waals surface area contributed by atoms with Gasteiger partial charge in [0.1, 0.15) is 23.1 Å². The van der Waals surface area contributed by atoms with E-state index >= 15 is 0 Å². The summed E-state index contributed by atoms with van der Waals surface area (Å²) >= 11 is 0. The van der Waals surface area contributed by atoms with E-state index in [1.807, 2.05) is 0 Å². The number of ketones is 1. The van der Waals surface area contributed by atoms with Gasteiger partial charge in [-0.3, -0.25) is 14.5 Å². The standard InChI is InChI=1S/C22H17FN2O5/c1-12-10-17(24-30-12)25-19(14-4-3-5-16(11-14)29-2)18(21(27)22(25)28)20(26)13-6-8-15(23)9-7-13/h3-11,19,26H,1-2H3/t19-/m0/s1. The molecule has 1 fully saturated rings. The topological polar surface area (TPSA) is 92.9 Å². The predicted octanol–water partition coefficient (Wildman–Crippen LogP) is 3.76. The van der Waals surface area contributed by atoms with Gasteiger partial charge in [-0.1, -0.05) is 17.3 Å². The van der Waals surface area contributed by atoms with Gasteiger partial charge >= 0.3 is 5.91 Å². The van der Waals surface area contributed by atoms with Crippen LogP contribution in [0.15, 0.2) is 64.7 Å². The summed E-state index contributed by atoms with van der Waals surface area (Å²) in [6, 6.07) is 12.3. The predicted molar refractivity (Wildman–Crippen MR) is 105 cm³/mol. The lowest BCUT2D eigenvalue weighted by Gasteiger charge is -2.23. The van der Waals surface area contributed by atoms with E-state index in [1.54, 1.807) is 31.2 Å². The van der Waals surface area contributed by atoms with Crippen molar-refractivity contribution < 1.29 is 28.3 Å². The summed E-state index contributed by atoms with van der Waals surface area (Å²) in [4.78, 5) is 27.0. The molecule has 0 unspecified atom stereocenters. The second kappa shape index (κ2) is 7.47. The van der Waals surface area contributed by atoms with E-state index in [4.69, 9.17) is 9.26 Å². The number of nitrogens with zero attached hydrogens (tertiary/aromatic N) is 2. The van der Waals surface area contributed by atoms with Gasteiger partial charge in [0.15, 0.2) is 5.82 Å². The van der Waals surface area contributed by atoms with Crippen molar-refractivity contribution in [1.29, 1.82) is 0 Å². The van der Waals surface area contributed by atoms with Crippen molar-refractivity contribution in [3.63, 3.8) is 0 Å². The number of methoxy groups -OCH3 is 1. The van der Waals surface area contributed by atoms with Crippen LogP contribution in [0.3, 0.4) is 0 Å². The maximum Gasteiger partial charge on any atom is 0.301 e. The molecule has 0 bridgehead atoms. The van der Waals surface area contributed by atoms with Crippen LogP contribution in [0.5, 0.6) is 5.75 Å². The fourth-order valence-corrected chi connectivity index (χ4v) is 3.43. The number of aryl methyl sites for hydroxylation is 1. The maximum atomic E-state index is 13.3. The van der Waals surface area contributed by atoms with Crippen molar-refractivity contribution in [3.05, 3.63) is 82.9 Å². The van der Waals surface area contributed by atoms with Crippen LogP contribution in [0, 0.1) is 12.7 Å². The number of amides is 1. The van der Waals surface area contributed by atoms with Crippen molar-refractivity contribution >= 4 is 23.3 Å². The molecule has 4 rings (SSSR count). The monoisotopic (exact) mass is 408 g/mol. The first-order chi connectivity index (χ1) is 14.4. The molecule has 152 valence electrons. The first kappa shape index (κ1) is 19.4. The van der Waals surface area contributed by atoms with E-state index in [1.165, 1.54) is 30.2 Å². The molecule has 8 heteroatoms. The minimum Gasteiger partial charge on any atom is -0.507 e. The number of rotatable bonds is 4. The first-order valence-corrected chi connectivity index (χ1v) is 9.05. The molecule has 7 nitrogen and oxygen atoms in total. The average Bonchev–Trinajstić information content (AvgIpc) is 3.29. The van der Waals surface area contributed by atoms with Gasteiger partial charge in [0.2, 0.25) is 0 Å². The summed E-state index contributed by atoms with van der Waals surface area (Å²) in [5, 5.41) is 14.8. The Bertz CT molecular complexity index is 1170. The Hall–Kier alpha value is -3.94. The van der Waals surface area contributed by atoms with Crippen LogP contribution in [0.25, 0.3) is 5.76 Å². The molecule has 1 atom stereocenters. The van der Waals surface area contributed by atoms with Crippen LogP contribution >= 0.6 is 0 Å². The zero-order valence-electron chi connectivity index (χ0n) is 16.1. The summed E-state index contributed by atoms with van der Waals surface area (Å²) in [7, 11) is 1.50. The van der Waals surface area contributed by atoms with E-state index < -0.39 is 29.3 Å². The second-order valence-corrected chi connectivity index (χ2v) is 6.75. The number of Topliss-reactive ketones (excluding diaryl/α,β-unsaturated/α-hetero) is 1. The molecule has 0 aliphatic carbocycles. The van der Waals surface area contributed by atoms with Gasteiger partial charge in [-0.15, -0.1) is 0 Å². The molecular weight excluding hydrogens is 391 g/mol. The molecule has 1 amide bonds. The fourth-order valence-electron chi connectivity index (χ4n) is 3.43. The van der Waals surface area contributed by atoms with Crippen LogP contribution in [0.2, 0.25) is 0 Å². The molecule has 0 radical (unpaired) electrons. The van der Waals surface area contributed by atoms with Crippen LogP contribution in [0.1, 0.15) is 22.9 Å². The summed E-state index contributed by atoms with van der Waals surface area (Å²) < 4.78 is 23.7. The average molecular weight is 408 g/mol. The third kappa shape index (κ3) is 3.22. The lowest BCUT2D eigenvalue weighted by Crippen LogP contribution is -2.29. The van der Waals surface area contributed by atoms with E-state index in [0.717, 1.165) is 12.1 Å². The van der Waals surface area contributed by atoms with Crippen LogP contribution < -0.4 is 9.64 Å². The zero-order valence-corrected chi connectivity index (χ0v) is 16.1. The second-order valence-electron chi connectivity index (χ2n) is 6.75. The lowest BCUT2D eigenvalue weighted by molar-refractivity contribution is -0.132. The Balaban J connectivity index is 1.95. The van der Waals surface area contributed by atoms with Gasteiger partial charge in [0, 0.05) is 11.6 Å².